The van der Waals surface area contributed by atoms with Crippen molar-refractivity contribution in [3.8, 4) is 11.4 Å². The molecule has 0 spiro atoms. The van der Waals surface area contributed by atoms with Gasteiger partial charge in [-0.3, -0.25) is 4.79 Å². The fourth-order valence-corrected chi connectivity index (χ4v) is 3.84. The van der Waals surface area contributed by atoms with Crippen LogP contribution in [0.4, 0.5) is 4.39 Å². The molecule has 0 saturated carbocycles. The molecule has 0 aliphatic carbocycles. The van der Waals surface area contributed by atoms with E-state index in [2.05, 4.69) is 9.97 Å². The predicted octanol–water partition coefficient (Wildman–Crippen LogP) is 3.96. The largest absolute Gasteiger partial charge is 0.337 e. The molecular formula is C21H18FN3OS. The molecule has 1 amide bonds. The summed E-state index contributed by atoms with van der Waals surface area (Å²) >= 11 is 1.55. The van der Waals surface area contributed by atoms with Crippen LogP contribution in [-0.4, -0.2) is 33.1 Å². The summed E-state index contributed by atoms with van der Waals surface area (Å²) in [5, 5.41) is 0. The lowest BCUT2D eigenvalue weighted by Gasteiger charge is -2.28. The van der Waals surface area contributed by atoms with E-state index in [1.165, 1.54) is 12.1 Å². The fraction of sp³-hybridized carbons (Fsp3) is 0.190. The Hall–Kier alpha value is -2.73. The van der Waals surface area contributed by atoms with Crippen molar-refractivity contribution in [3.63, 3.8) is 0 Å². The smallest absolute Gasteiger partial charge is 0.233 e. The van der Waals surface area contributed by atoms with Gasteiger partial charge in [0.1, 0.15) is 5.82 Å². The number of halogens is 1. The van der Waals surface area contributed by atoms with Gasteiger partial charge in [-0.25, -0.2) is 14.4 Å². The summed E-state index contributed by atoms with van der Waals surface area (Å²) in [5.74, 6) is 0.859. The second-order valence-electron chi connectivity index (χ2n) is 6.34. The van der Waals surface area contributed by atoms with Crippen molar-refractivity contribution in [1.29, 1.82) is 0 Å². The molecule has 0 radical (unpaired) electrons. The van der Waals surface area contributed by atoms with E-state index in [1.54, 1.807) is 30.1 Å². The minimum absolute atomic E-state index is 0.122. The zero-order valence-electron chi connectivity index (χ0n) is 14.6. The third-order valence-corrected chi connectivity index (χ3v) is 5.49. The van der Waals surface area contributed by atoms with E-state index in [1.807, 2.05) is 35.2 Å². The number of aromatic nitrogens is 2. The van der Waals surface area contributed by atoms with Crippen LogP contribution in [0, 0.1) is 5.82 Å². The molecule has 136 valence electrons. The fourth-order valence-electron chi connectivity index (χ4n) is 3.02. The summed E-state index contributed by atoms with van der Waals surface area (Å²) in [6.45, 7) is 1.19. The number of carbonyl (C=O) groups is 1. The molecular weight excluding hydrogens is 361 g/mol. The van der Waals surface area contributed by atoms with Crippen molar-refractivity contribution in [1.82, 2.24) is 14.9 Å². The Bertz CT molecular complexity index is 947. The normalized spacial score (nSPS) is 13.3. The maximum Gasteiger partial charge on any atom is 0.233 e. The zero-order valence-corrected chi connectivity index (χ0v) is 15.5. The Morgan fingerprint density at radius 3 is 2.67 bits per heavy atom. The zero-order chi connectivity index (χ0) is 18.6. The van der Waals surface area contributed by atoms with Gasteiger partial charge in [0.05, 0.1) is 11.4 Å². The van der Waals surface area contributed by atoms with Crippen LogP contribution >= 0.6 is 11.8 Å². The Morgan fingerprint density at radius 1 is 1.11 bits per heavy atom. The van der Waals surface area contributed by atoms with Gasteiger partial charge in [-0.05, 0) is 36.4 Å². The molecule has 4 nitrogen and oxygen atoms in total. The lowest BCUT2D eigenvalue weighted by atomic mass is 10.1. The van der Waals surface area contributed by atoms with Gasteiger partial charge < -0.3 is 4.90 Å². The average molecular weight is 379 g/mol. The van der Waals surface area contributed by atoms with Crippen molar-refractivity contribution in [2.45, 2.75) is 17.9 Å². The van der Waals surface area contributed by atoms with Crippen LogP contribution in [-0.2, 0) is 17.8 Å². The van der Waals surface area contributed by atoms with E-state index in [0.29, 0.717) is 31.1 Å². The molecule has 4 rings (SSSR count). The van der Waals surface area contributed by atoms with Crippen LogP contribution in [0.1, 0.15) is 11.3 Å². The van der Waals surface area contributed by atoms with Gasteiger partial charge in [-0.2, -0.15) is 0 Å². The molecule has 0 N–H and O–H groups in total. The summed E-state index contributed by atoms with van der Waals surface area (Å²) in [6.07, 6.45) is 2.48. The minimum Gasteiger partial charge on any atom is -0.337 e. The molecule has 1 aliphatic heterocycles. The van der Waals surface area contributed by atoms with Crippen molar-refractivity contribution in [3.05, 3.63) is 77.9 Å². The SMILES string of the molecule is O=C(CSc1ccccc1)N1CCc2nc(-c3ccc(F)cc3)ncc2C1. The summed E-state index contributed by atoms with van der Waals surface area (Å²) in [5.41, 5.74) is 2.73. The molecule has 1 aromatic heterocycles. The Kier molecular flexibility index (Phi) is 5.16. The molecule has 0 saturated heterocycles. The predicted molar refractivity (Wildman–Crippen MR) is 104 cm³/mol. The number of fused-ring (bicyclic) bond motifs is 1. The van der Waals surface area contributed by atoms with Crippen LogP contribution in [0.2, 0.25) is 0 Å². The Morgan fingerprint density at radius 2 is 1.89 bits per heavy atom. The van der Waals surface area contributed by atoms with E-state index in [4.69, 9.17) is 0 Å². The maximum atomic E-state index is 13.1. The summed E-state index contributed by atoms with van der Waals surface area (Å²) in [6, 6.07) is 16.1. The highest BCUT2D eigenvalue weighted by Gasteiger charge is 2.22. The number of hydrogen-bond acceptors (Lipinski definition) is 4. The molecule has 0 unspecified atom stereocenters. The van der Waals surface area contributed by atoms with Crippen LogP contribution in [0.15, 0.2) is 65.7 Å². The van der Waals surface area contributed by atoms with Crippen LogP contribution in [0.25, 0.3) is 11.4 Å². The quantitative estimate of drug-likeness (QED) is 0.644. The monoisotopic (exact) mass is 379 g/mol. The van der Waals surface area contributed by atoms with Gasteiger partial charge in [0.15, 0.2) is 5.82 Å². The number of nitrogens with zero attached hydrogens (tertiary/aromatic N) is 3. The third-order valence-electron chi connectivity index (χ3n) is 4.49. The topological polar surface area (TPSA) is 46.1 Å². The molecule has 2 heterocycles. The highest BCUT2D eigenvalue weighted by Crippen LogP contribution is 2.23. The van der Waals surface area contributed by atoms with Crippen LogP contribution < -0.4 is 0 Å². The van der Waals surface area contributed by atoms with E-state index < -0.39 is 0 Å². The highest BCUT2D eigenvalue weighted by molar-refractivity contribution is 8.00. The number of benzene rings is 2. The van der Waals surface area contributed by atoms with Gasteiger partial charge in [-0.15, -0.1) is 11.8 Å². The first-order chi connectivity index (χ1) is 13.2. The molecule has 1 aliphatic rings. The van der Waals surface area contributed by atoms with Crippen LogP contribution in [0.5, 0.6) is 0 Å². The molecule has 0 atom stereocenters. The lowest BCUT2D eigenvalue weighted by Crippen LogP contribution is -2.37. The lowest BCUT2D eigenvalue weighted by molar-refractivity contribution is -0.129. The highest BCUT2D eigenvalue weighted by atomic mass is 32.2. The van der Waals surface area contributed by atoms with E-state index in [0.717, 1.165) is 21.7 Å². The van der Waals surface area contributed by atoms with Gasteiger partial charge in [-0.1, -0.05) is 18.2 Å². The Labute approximate surface area is 161 Å². The number of thioether (sulfide) groups is 1. The summed E-state index contributed by atoms with van der Waals surface area (Å²) < 4.78 is 13.1. The molecule has 0 fully saturated rings. The first kappa shape index (κ1) is 17.7. The second kappa shape index (κ2) is 7.88. The standard InChI is InChI=1S/C21H18FN3OS/c22-17-8-6-15(7-9-17)21-23-12-16-13-25(11-10-19(16)24-21)20(26)14-27-18-4-2-1-3-5-18/h1-9,12H,10-11,13-14H2. The summed E-state index contributed by atoms with van der Waals surface area (Å²) in [7, 11) is 0. The van der Waals surface area contributed by atoms with Crippen molar-refractivity contribution in [2.24, 2.45) is 0 Å². The van der Waals surface area contributed by atoms with Crippen LogP contribution in [0.3, 0.4) is 0 Å². The van der Waals surface area contributed by atoms with E-state index in [-0.39, 0.29) is 11.7 Å². The molecule has 27 heavy (non-hydrogen) atoms. The molecule has 0 bridgehead atoms. The molecule has 2 aromatic carbocycles. The number of hydrogen-bond donors (Lipinski definition) is 0. The first-order valence-electron chi connectivity index (χ1n) is 8.75. The third kappa shape index (κ3) is 4.17. The Balaban J connectivity index is 1.42. The number of rotatable bonds is 4. The van der Waals surface area contributed by atoms with Gasteiger partial charge in [0.25, 0.3) is 0 Å². The van der Waals surface area contributed by atoms with E-state index in [9.17, 15) is 9.18 Å². The van der Waals surface area contributed by atoms with Crippen molar-refractivity contribution in [2.75, 3.05) is 12.3 Å². The summed E-state index contributed by atoms with van der Waals surface area (Å²) in [4.78, 5) is 24.5. The van der Waals surface area contributed by atoms with Gasteiger partial charge >= 0.3 is 0 Å². The average Bonchev–Trinajstić information content (AvgIpc) is 2.72. The first-order valence-corrected chi connectivity index (χ1v) is 9.74. The van der Waals surface area contributed by atoms with Crippen molar-refractivity contribution >= 4 is 17.7 Å². The van der Waals surface area contributed by atoms with E-state index >= 15 is 0 Å². The maximum absolute atomic E-state index is 13.1. The molecule has 3 aromatic rings. The number of amides is 1. The van der Waals surface area contributed by atoms with Gasteiger partial charge in [0, 0.05) is 41.7 Å². The molecule has 6 heteroatoms. The van der Waals surface area contributed by atoms with Crippen molar-refractivity contribution < 1.29 is 9.18 Å². The minimum atomic E-state index is -0.278. The number of carbonyl (C=O) groups excluding carboxylic acids is 1. The van der Waals surface area contributed by atoms with Gasteiger partial charge in [0.2, 0.25) is 5.91 Å². The second-order valence-corrected chi connectivity index (χ2v) is 7.39.